The van der Waals surface area contributed by atoms with E-state index in [-0.39, 0.29) is 19.4 Å². The molecule has 1 aliphatic rings. The molecule has 0 saturated carbocycles. The minimum atomic E-state index is -0.971. The molecule has 174 valence electrons. The summed E-state index contributed by atoms with van der Waals surface area (Å²) >= 11 is 0. The van der Waals surface area contributed by atoms with Gasteiger partial charge in [-0.3, -0.25) is 14.9 Å². The molecule has 1 N–H and O–H groups in total. The number of para-hydroxylation sites is 1. The predicted octanol–water partition coefficient (Wildman–Crippen LogP) is 3.54. The maximum absolute atomic E-state index is 12.4. The van der Waals surface area contributed by atoms with Gasteiger partial charge in [0.05, 0.1) is 12.1 Å². The standard InChI is InChI=1S/C24H27N3O6/c1-3-17-7-5-6-8-20(17)26(4-2)15-16-32-23(30)18-9-11-19(12-10-18)25-24(31)33-27-21(28)13-14-22(27)29/h5-12H,3-4,13-16H2,1-2H3,(H,25,31). The molecule has 1 aliphatic heterocycles. The molecule has 1 fully saturated rings. The van der Waals surface area contributed by atoms with E-state index in [1.807, 2.05) is 12.1 Å². The molecule has 3 amide bonds. The number of aryl methyl sites for hydroxylation is 1. The van der Waals surface area contributed by atoms with Crippen LogP contribution in [0.15, 0.2) is 48.5 Å². The van der Waals surface area contributed by atoms with Crippen molar-refractivity contribution in [3.05, 3.63) is 59.7 Å². The topological polar surface area (TPSA) is 105 Å². The minimum absolute atomic E-state index is 0.0179. The number of amides is 3. The van der Waals surface area contributed by atoms with E-state index in [2.05, 4.69) is 36.2 Å². The molecule has 0 radical (unpaired) electrons. The summed E-state index contributed by atoms with van der Waals surface area (Å²) in [5.74, 6) is -1.60. The lowest BCUT2D eigenvalue weighted by atomic mass is 10.1. The van der Waals surface area contributed by atoms with E-state index in [4.69, 9.17) is 9.57 Å². The Morgan fingerprint density at radius 3 is 2.30 bits per heavy atom. The summed E-state index contributed by atoms with van der Waals surface area (Å²) in [5, 5.41) is 2.86. The normalized spacial score (nSPS) is 13.1. The van der Waals surface area contributed by atoms with Crippen LogP contribution in [0.1, 0.15) is 42.6 Å². The average molecular weight is 453 g/mol. The number of imide groups is 1. The first-order valence-electron chi connectivity index (χ1n) is 10.9. The number of nitrogens with zero attached hydrogens (tertiary/aromatic N) is 2. The third kappa shape index (κ3) is 6.09. The largest absolute Gasteiger partial charge is 0.460 e. The Morgan fingerprint density at radius 2 is 1.67 bits per heavy atom. The highest BCUT2D eigenvalue weighted by molar-refractivity contribution is 6.02. The lowest BCUT2D eigenvalue weighted by Gasteiger charge is -2.25. The second-order valence-corrected chi connectivity index (χ2v) is 7.36. The van der Waals surface area contributed by atoms with Crippen LogP contribution in [0.25, 0.3) is 0 Å². The van der Waals surface area contributed by atoms with Gasteiger partial charge in [-0.25, -0.2) is 9.59 Å². The van der Waals surface area contributed by atoms with Gasteiger partial charge in [0.1, 0.15) is 6.61 Å². The number of carbonyl (C=O) groups is 4. The Kier molecular flexibility index (Phi) is 8.01. The van der Waals surface area contributed by atoms with E-state index in [1.165, 1.54) is 29.8 Å². The van der Waals surface area contributed by atoms with Crippen LogP contribution in [0, 0.1) is 0 Å². The lowest BCUT2D eigenvalue weighted by Crippen LogP contribution is -2.33. The number of carbonyl (C=O) groups excluding carboxylic acids is 4. The highest BCUT2D eigenvalue weighted by atomic mass is 16.7. The summed E-state index contributed by atoms with van der Waals surface area (Å²) in [6, 6.07) is 14.2. The number of anilines is 2. The summed E-state index contributed by atoms with van der Waals surface area (Å²) in [6.45, 7) is 5.75. The average Bonchev–Trinajstić information content (AvgIpc) is 3.14. The zero-order chi connectivity index (χ0) is 23.8. The quantitative estimate of drug-likeness (QED) is 0.457. The van der Waals surface area contributed by atoms with Gasteiger partial charge in [0.2, 0.25) is 0 Å². The number of ether oxygens (including phenoxy) is 1. The summed E-state index contributed by atoms with van der Waals surface area (Å²) in [4.78, 5) is 54.2. The maximum Gasteiger partial charge on any atom is 0.436 e. The summed E-state index contributed by atoms with van der Waals surface area (Å²) in [5.41, 5.74) is 3.05. The smallest absolute Gasteiger partial charge is 0.436 e. The number of hydrogen-bond acceptors (Lipinski definition) is 7. The van der Waals surface area contributed by atoms with E-state index in [0.29, 0.717) is 22.9 Å². The van der Waals surface area contributed by atoms with Gasteiger partial charge in [0, 0.05) is 30.8 Å². The van der Waals surface area contributed by atoms with Crippen LogP contribution in [0.2, 0.25) is 0 Å². The molecule has 33 heavy (non-hydrogen) atoms. The van der Waals surface area contributed by atoms with Gasteiger partial charge in [0.15, 0.2) is 0 Å². The predicted molar refractivity (Wildman–Crippen MR) is 122 cm³/mol. The summed E-state index contributed by atoms with van der Waals surface area (Å²) in [6.07, 6.45) is -0.0139. The molecule has 0 bridgehead atoms. The number of benzene rings is 2. The zero-order valence-corrected chi connectivity index (χ0v) is 18.7. The molecule has 0 atom stereocenters. The second kappa shape index (κ2) is 11.1. The van der Waals surface area contributed by atoms with Gasteiger partial charge < -0.3 is 14.5 Å². The minimum Gasteiger partial charge on any atom is -0.460 e. The third-order valence-electron chi connectivity index (χ3n) is 5.24. The number of esters is 1. The van der Waals surface area contributed by atoms with Gasteiger partial charge in [-0.05, 0) is 49.2 Å². The molecule has 1 heterocycles. The van der Waals surface area contributed by atoms with E-state index < -0.39 is 23.9 Å². The van der Waals surface area contributed by atoms with E-state index in [1.54, 1.807) is 0 Å². The SMILES string of the molecule is CCc1ccccc1N(CC)CCOC(=O)c1ccc(NC(=O)ON2C(=O)CCC2=O)cc1. The van der Waals surface area contributed by atoms with Gasteiger partial charge in [-0.15, -0.1) is 5.06 Å². The molecular weight excluding hydrogens is 426 g/mol. The number of hydroxylamine groups is 2. The van der Waals surface area contributed by atoms with E-state index >= 15 is 0 Å². The Morgan fingerprint density at radius 1 is 1.00 bits per heavy atom. The molecule has 0 spiro atoms. The molecule has 3 rings (SSSR count). The van der Waals surface area contributed by atoms with Crippen LogP contribution < -0.4 is 10.2 Å². The number of likely N-dealkylation sites (N-methyl/N-ethyl adjacent to an activating group) is 1. The Bertz CT molecular complexity index is 1010. The molecule has 9 heteroatoms. The maximum atomic E-state index is 12.4. The summed E-state index contributed by atoms with van der Waals surface area (Å²) < 4.78 is 5.41. The van der Waals surface area contributed by atoms with Crippen molar-refractivity contribution in [3.63, 3.8) is 0 Å². The van der Waals surface area contributed by atoms with Crippen molar-refractivity contribution < 1.29 is 28.8 Å². The fourth-order valence-electron chi connectivity index (χ4n) is 3.47. The van der Waals surface area contributed by atoms with Crippen LogP contribution >= 0.6 is 0 Å². The van der Waals surface area contributed by atoms with Crippen molar-refractivity contribution in [2.24, 2.45) is 0 Å². The molecule has 2 aromatic carbocycles. The van der Waals surface area contributed by atoms with Crippen molar-refractivity contribution in [2.75, 3.05) is 29.9 Å². The zero-order valence-electron chi connectivity index (χ0n) is 18.7. The van der Waals surface area contributed by atoms with Crippen LogP contribution in [0.5, 0.6) is 0 Å². The fraction of sp³-hybridized carbons (Fsp3) is 0.333. The fourth-order valence-corrected chi connectivity index (χ4v) is 3.47. The second-order valence-electron chi connectivity index (χ2n) is 7.36. The first-order chi connectivity index (χ1) is 15.9. The van der Waals surface area contributed by atoms with Crippen molar-refractivity contribution in [3.8, 4) is 0 Å². The van der Waals surface area contributed by atoms with Crippen LogP contribution in [0.4, 0.5) is 16.2 Å². The molecule has 0 aliphatic carbocycles. The number of rotatable bonds is 9. The van der Waals surface area contributed by atoms with Crippen molar-refractivity contribution >= 4 is 35.3 Å². The van der Waals surface area contributed by atoms with Crippen molar-refractivity contribution in [2.45, 2.75) is 33.1 Å². The van der Waals surface area contributed by atoms with Crippen LogP contribution in [0.3, 0.4) is 0 Å². The van der Waals surface area contributed by atoms with Crippen LogP contribution in [-0.4, -0.2) is 48.6 Å². The van der Waals surface area contributed by atoms with Crippen molar-refractivity contribution in [1.82, 2.24) is 5.06 Å². The number of nitrogens with one attached hydrogen (secondary N) is 1. The Hall–Kier alpha value is -3.88. The molecule has 1 saturated heterocycles. The van der Waals surface area contributed by atoms with Crippen LogP contribution in [-0.2, 0) is 25.6 Å². The van der Waals surface area contributed by atoms with Gasteiger partial charge in [-0.1, -0.05) is 25.1 Å². The Balaban J connectivity index is 1.49. The molecular formula is C24H27N3O6. The first-order valence-corrected chi connectivity index (χ1v) is 10.9. The monoisotopic (exact) mass is 453 g/mol. The Labute approximate surface area is 192 Å². The van der Waals surface area contributed by atoms with E-state index in [0.717, 1.165) is 18.7 Å². The molecule has 2 aromatic rings. The highest BCUT2D eigenvalue weighted by Gasteiger charge is 2.32. The highest BCUT2D eigenvalue weighted by Crippen LogP contribution is 2.20. The van der Waals surface area contributed by atoms with E-state index in [9.17, 15) is 19.2 Å². The summed E-state index contributed by atoms with van der Waals surface area (Å²) in [7, 11) is 0. The lowest BCUT2D eigenvalue weighted by molar-refractivity contribution is -0.170. The van der Waals surface area contributed by atoms with Crippen molar-refractivity contribution in [1.29, 1.82) is 0 Å². The molecule has 0 aromatic heterocycles. The van der Waals surface area contributed by atoms with Gasteiger partial charge >= 0.3 is 12.1 Å². The van der Waals surface area contributed by atoms with Gasteiger partial charge in [-0.2, -0.15) is 0 Å². The molecule has 9 nitrogen and oxygen atoms in total. The number of hydrogen-bond donors (Lipinski definition) is 1. The third-order valence-corrected chi connectivity index (χ3v) is 5.24. The first kappa shape index (κ1) is 23.8. The molecule has 0 unspecified atom stereocenters. The van der Waals surface area contributed by atoms with Gasteiger partial charge in [0.25, 0.3) is 11.8 Å².